The van der Waals surface area contributed by atoms with E-state index in [2.05, 4.69) is 0 Å². The van der Waals surface area contributed by atoms with Crippen molar-refractivity contribution in [2.24, 2.45) is 0 Å². The predicted octanol–water partition coefficient (Wildman–Crippen LogP) is -0.449. The first-order valence-corrected chi connectivity index (χ1v) is 3.03. The first-order chi connectivity index (χ1) is 4.33. The van der Waals surface area contributed by atoms with Crippen molar-refractivity contribution >= 4 is 0 Å². The number of rotatable bonds is 1. The molecule has 1 aromatic carbocycles. The van der Waals surface area contributed by atoms with Crippen LogP contribution in [0, 0.1) is 6.92 Å². The van der Waals surface area contributed by atoms with Crippen LogP contribution in [-0.2, 0) is 6.54 Å². The van der Waals surface area contributed by atoms with Gasteiger partial charge in [0, 0.05) is 0 Å². The van der Waals surface area contributed by atoms with E-state index in [9.17, 15) is 0 Å². The number of aryl methyl sites for hydroxylation is 1. The standard InChI is InChI=1S/C8H10N.K/c1-7-3-2-4-8(5-7)6-9;/h2-5,9H,6H2,1H3;/q-1;+1. The minimum atomic E-state index is 0. The molecule has 1 nitrogen and oxygen atoms in total. The fraction of sp³-hybridized carbons (Fsp3) is 0.250. The molecule has 1 aromatic rings. The quantitative estimate of drug-likeness (QED) is 0.496. The Bertz CT molecular complexity index is 198. The van der Waals surface area contributed by atoms with Crippen LogP contribution in [0.3, 0.4) is 0 Å². The number of nitrogens with one attached hydrogen (secondary N) is 1. The van der Waals surface area contributed by atoms with Crippen molar-refractivity contribution in [2.45, 2.75) is 13.5 Å². The fourth-order valence-electron chi connectivity index (χ4n) is 0.822. The van der Waals surface area contributed by atoms with Crippen molar-refractivity contribution in [3.05, 3.63) is 41.1 Å². The Labute approximate surface area is 104 Å². The Kier molecular flexibility index (Phi) is 5.91. The molecule has 0 saturated carbocycles. The summed E-state index contributed by atoms with van der Waals surface area (Å²) in [5, 5.41) is 0. The second-order valence-electron chi connectivity index (χ2n) is 2.17. The Morgan fingerprint density at radius 1 is 1.40 bits per heavy atom. The van der Waals surface area contributed by atoms with Gasteiger partial charge in [-0.15, -0.1) is 6.54 Å². The van der Waals surface area contributed by atoms with Gasteiger partial charge in [0.2, 0.25) is 0 Å². The molecule has 2 heteroatoms. The van der Waals surface area contributed by atoms with E-state index >= 15 is 0 Å². The summed E-state index contributed by atoms with van der Waals surface area (Å²) in [6.07, 6.45) is 0. The van der Waals surface area contributed by atoms with Crippen molar-refractivity contribution in [2.75, 3.05) is 0 Å². The van der Waals surface area contributed by atoms with Gasteiger partial charge in [0.25, 0.3) is 0 Å². The first kappa shape index (κ1) is 10.8. The predicted molar refractivity (Wildman–Crippen MR) is 39.2 cm³/mol. The molecule has 10 heavy (non-hydrogen) atoms. The summed E-state index contributed by atoms with van der Waals surface area (Å²) in [6, 6.07) is 8.03. The second-order valence-corrected chi connectivity index (χ2v) is 2.17. The van der Waals surface area contributed by atoms with E-state index in [0.717, 1.165) is 5.56 Å². The van der Waals surface area contributed by atoms with E-state index in [1.54, 1.807) is 0 Å². The summed E-state index contributed by atoms with van der Waals surface area (Å²) in [5.74, 6) is 0. The average Bonchev–Trinajstić information content (AvgIpc) is 1.88. The fourth-order valence-corrected chi connectivity index (χ4v) is 0.822. The third-order valence-electron chi connectivity index (χ3n) is 1.29. The molecule has 0 atom stereocenters. The van der Waals surface area contributed by atoms with Crippen LogP contribution in [0.15, 0.2) is 24.3 Å². The van der Waals surface area contributed by atoms with Crippen LogP contribution in [0.4, 0.5) is 0 Å². The van der Waals surface area contributed by atoms with Crippen molar-refractivity contribution in [1.29, 1.82) is 0 Å². The van der Waals surface area contributed by atoms with Crippen LogP contribution in [0.2, 0.25) is 0 Å². The molecule has 0 spiro atoms. The zero-order valence-electron chi connectivity index (χ0n) is 6.52. The van der Waals surface area contributed by atoms with Crippen LogP contribution >= 0.6 is 0 Å². The largest absolute Gasteiger partial charge is 1.00 e. The van der Waals surface area contributed by atoms with Crippen LogP contribution in [0.1, 0.15) is 11.1 Å². The van der Waals surface area contributed by atoms with Gasteiger partial charge in [0.1, 0.15) is 0 Å². The molecule has 0 aromatic heterocycles. The van der Waals surface area contributed by atoms with Gasteiger partial charge in [0.05, 0.1) is 0 Å². The van der Waals surface area contributed by atoms with Gasteiger partial charge >= 0.3 is 51.4 Å². The molecule has 0 unspecified atom stereocenters. The zero-order chi connectivity index (χ0) is 6.69. The molecular formula is C8H10KN. The van der Waals surface area contributed by atoms with E-state index in [0.29, 0.717) is 6.54 Å². The Hall–Kier alpha value is 0.816. The monoisotopic (exact) mass is 159 g/mol. The maximum Gasteiger partial charge on any atom is 1.00 e. The third kappa shape index (κ3) is 3.28. The SMILES string of the molecule is Cc1cccc(C[NH-])c1.[K+]. The second kappa shape index (κ2) is 5.46. The molecular weight excluding hydrogens is 149 g/mol. The smallest absolute Gasteiger partial charge is 0.674 e. The van der Waals surface area contributed by atoms with Crippen LogP contribution in [-0.4, -0.2) is 0 Å². The van der Waals surface area contributed by atoms with Gasteiger partial charge in [0.15, 0.2) is 0 Å². The maximum atomic E-state index is 7.04. The van der Waals surface area contributed by atoms with Crippen molar-refractivity contribution in [3.8, 4) is 0 Å². The minimum absolute atomic E-state index is 0. The van der Waals surface area contributed by atoms with Gasteiger partial charge in [-0.1, -0.05) is 35.4 Å². The average molecular weight is 159 g/mol. The number of hydrogen-bond donors (Lipinski definition) is 0. The molecule has 1 rings (SSSR count). The summed E-state index contributed by atoms with van der Waals surface area (Å²) in [7, 11) is 0. The summed E-state index contributed by atoms with van der Waals surface area (Å²) in [4.78, 5) is 0. The molecule has 0 radical (unpaired) electrons. The van der Waals surface area contributed by atoms with E-state index in [-0.39, 0.29) is 51.4 Å². The van der Waals surface area contributed by atoms with Gasteiger partial charge in [-0.3, -0.25) is 0 Å². The van der Waals surface area contributed by atoms with Crippen molar-refractivity contribution < 1.29 is 51.4 Å². The summed E-state index contributed by atoms with van der Waals surface area (Å²) in [5.41, 5.74) is 9.37. The summed E-state index contributed by atoms with van der Waals surface area (Å²) >= 11 is 0. The van der Waals surface area contributed by atoms with Crippen LogP contribution in [0.25, 0.3) is 5.73 Å². The molecule has 0 saturated heterocycles. The van der Waals surface area contributed by atoms with Gasteiger partial charge in [-0.2, -0.15) is 0 Å². The third-order valence-corrected chi connectivity index (χ3v) is 1.29. The Morgan fingerprint density at radius 3 is 2.50 bits per heavy atom. The molecule has 0 fully saturated rings. The van der Waals surface area contributed by atoms with E-state index < -0.39 is 0 Å². The first-order valence-electron chi connectivity index (χ1n) is 3.03. The summed E-state index contributed by atoms with van der Waals surface area (Å²) in [6.45, 7) is 2.43. The van der Waals surface area contributed by atoms with Gasteiger partial charge in [-0.25, -0.2) is 0 Å². The van der Waals surface area contributed by atoms with E-state index in [1.807, 2.05) is 31.2 Å². The molecule has 48 valence electrons. The molecule has 1 N–H and O–H groups in total. The Morgan fingerprint density at radius 2 is 2.10 bits per heavy atom. The molecule has 0 bridgehead atoms. The number of benzene rings is 1. The topological polar surface area (TPSA) is 23.8 Å². The normalized spacial score (nSPS) is 8.60. The molecule has 0 amide bonds. The maximum absolute atomic E-state index is 7.04. The summed E-state index contributed by atoms with van der Waals surface area (Å²) < 4.78 is 0. The van der Waals surface area contributed by atoms with Gasteiger partial charge < -0.3 is 5.73 Å². The van der Waals surface area contributed by atoms with E-state index in [4.69, 9.17) is 5.73 Å². The van der Waals surface area contributed by atoms with Crippen molar-refractivity contribution in [3.63, 3.8) is 0 Å². The van der Waals surface area contributed by atoms with Crippen LogP contribution < -0.4 is 51.4 Å². The van der Waals surface area contributed by atoms with Gasteiger partial charge in [-0.05, 0) is 6.92 Å². The molecule has 0 aliphatic rings. The Balaban J connectivity index is 0.000000810. The molecule has 0 aliphatic heterocycles. The van der Waals surface area contributed by atoms with Crippen molar-refractivity contribution in [1.82, 2.24) is 0 Å². The minimum Gasteiger partial charge on any atom is -0.674 e. The molecule has 0 aliphatic carbocycles. The van der Waals surface area contributed by atoms with E-state index in [1.165, 1.54) is 5.56 Å². The number of hydrogen-bond acceptors (Lipinski definition) is 0. The van der Waals surface area contributed by atoms with Crippen LogP contribution in [0.5, 0.6) is 0 Å². The zero-order valence-corrected chi connectivity index (χ0v) is 9.64. The molecule has 0 heterocycles.